The van der Waals surface area contributed by atoms with E-state index in [1.807, 2.05) is 47.4 Å². The van der Waals surface area contributed by atoms with Crippen LogP contribution in [0.1, 0.15) is 29.6 Å². The Kier molecular flexibility index (Phi) is 4.85. The van der Waals surface area contributed by atoms with Crippen molar-refractivity contribution in [1.82, 2.24) is 14.8 Å². The second-order valence-electron chi connectivity index (χ2n) is 7.12. The van der Waals surface area contributed by atoms with E-state index in [1.165, 1.54) is 25.9 Å². The zero-order valence-corrected chi connectivity index (χ0v) is 15.2. The SMILES string of the molecule is C=c1c2c3ccccc3n/c1=C/C=C\CN(CCCN1CCCC1)C2=O. The predicted molar refractivity (Wildman–Crippen MR) is 106 cm³/mol. The molecule has 0 radical (unpaired) electrons. The number of para-hydroxylation sites is 1. The third-order valence-electron chi connectivity index (χ3n) is 5.34. The molecular weight excluding hydrogens is 322 g/mol. The van der Waals surface area contributed by atoms with Gasteiger partial charge in [0, 0.05) is 23.7 Å². The molecule has 1 amide bonds. The first-order chi connectivity index (χ1) is 12.7. The molecule has 26 heavy (non-hydrogen) atoms. The molecule has 4 nitrogen and oxygen atoms in total. The number of rotatable bonds is 4. The van der Waals surface area contributed by atoms with Crippen molar-refractivity contribution in [2.45, 2.75) is 19.3 Å². The first kappa shape index (κ1) is 17.0. The molecule has 2 aliphatic rings. The van der Waals surface area contributed by atoms with Crippen LogP contribution in [-0.2, 0) is 0 Å². The summed E-state index contributed by atoms with van der Waals surface area (Å²) >= 11 is 0. The van der Waals surface area contributed by atoms with Gasteiger partial charge in [-0.05, 0) is 51.0 Å². The van der Waals surface area contributed by atoms with Crippen LogP contribution in [-0.4, -0.2) is 53.4 Å². The number of nitrogens with zero attached hydrogens (tertiary/aromatic N) is 3. The van der Waals surface area contributed by atoms with Crippen molar-refractivity contribution in [1.29, 1.82) is 0 Å². The lowest BCUT2D eigenvalue weighted by Gasteiger charge is -2.23. The minimum Gasteiger partial charge on any atom is -0.335 e. The minimum atomic E-state index is 0.0659. The van der Waals surface area contributed by atoms with Crippen LogP contribution in [0.4, 0.5) is 0 Å². The average Bonchev–Trinajstić information content (AvgIpc) is 3.17. The molecule has 2 bridgehead atoms. The lowest BCUT2D eigenvalue weighted by Crippen LogP contribution is -2.40. The van der Waals surface area contributed by atoms with Gasteiger partial charge in [0.1, 0.15) is 0 Å². The highest BCUT2D eigenvalue weighted by Gasteiger charge is 2.20. The van der Waals surface area contributed by atoms with E-state index in [1.54, 1.807) is 0 Å². The minimum absolute atomic E-state index is 0.0659. The van der Waals surface area contributed by atoms with Crippen LogP contribution in [0.3, 0.4) is 0 Å². The van der Waals surface area contributed by atoms with Crippen LogP contribution in [0.25, 0.3) is 23.6 Å². The van der Waals surface area contributed by atoms with Crippen molar-refractivity contribution in [3.8, 4) is 0 Å². The van der Waals surface area contributed by atoms with Gasteiger partial charge in [-0.1, -0.05) is 36.9 Å². The van der Waals surface area contributed by atoms with Gasteiger partial charge in [0.2, 0.25) is 0 Å². The van der Waals surface area contributed by atoms with Gasteiger partial charge in [-0.25, -0.2) is 4.98 Å². The predicted octanol–water partition coefficient (Wildman–Crippen LogP) is 1.92. The molecule has 0 saturated carbocycles. The number of hydrogen-bond donors (Lipinski definition) is 0. The van der Waals surface area contributed by atoms with Crippen molar-refractivity contribution >= 4 is 29.5 Å². The van der Waals surface area contributed by atoms with Gasteiger partial charge >= 0.3 is 0 Å². The monoisotopic (exact) mass is 347 g/mol. The largest absolute Gasteiger partial charge is 0.335 e. The molecule has 134 valence electrons. The van der Waals surface area contributed by atoms with Gasteiger partial charge in [0.15, 0.2) is 0 Å². The Balaban J connectivity index is 1.66. The first-order valence-corrected chi connectivity index (χ1v) is 9.50. The average molecular weight is 347 g/mol. The van der Waals surface area contributed by atoms with E-state index >= 15 is 0 Å². The summed E-state index contributed by atoms with van der Waals surface area (Å²) in [4.78, 5) is 22.5. The number of aromatic nitrogens is 1. The Hall–Kier alpha value is -2.46. The molecule has 0 unspecified atom stereocenters. The van der Waals surface area contributed by atoms with Crippen molar-refractivity contribution in [2.24, 2.45) is 0 Å². The molecular formula is C22H25N3O. The molecule has 0 N–H and O–H groups in total. The molecule has 1 saturated heterocycles. The van der Waals surface area contributed by atoms with E-state index in [2.05, 4.69) is 16.5 Å². The van der Waals surface area contributed by atoms with Crippen molar-refractivity contribution in [2.75, 3.05) is 32.7 Å². The second kappa shape index (κ2) is 7.42. The number of likely N-dealkylation sites (tertiary alicyclic amines) is 1. The summed E-state index contributed by atoms with van der Waals surface area (Å²) in [5, 5.41) is 2.40. The van der Waals surface area contributed by atoms with E-state index in [4.69, 9.17) is 0 Å². The van der Waals surface area contributed by atoms with Gasteiger partial charge < -0.3 is 9.80 Å². The van der Waals surface area contributed by atoms with Crippen molar-refractivity contribution in [3.63, 3.8) is 0 Å². The van der Waals surface area contributed by atoms with E-state index in [0.717, 1.165) is 41.0 Å². The van der Waals surface area contributed by atoms with Crippen LogP contribution in [0, 0.1) is 0 Å². The number of carbonyl (C=O) groups excluding carboxylic acids is 1. The summed E-state index contributed by atoms with van der Waals surface area (Å²) < 4.78 is 0. The zero-order chi connectivity index (χ0) is 17.9. The Morgan fingerprint density at radius 2 is 1.92 bits per heavy atom. The van der Waals surface area contributed by atoms with Gasteiger partial charge in [-0.2, -0.15) is 0 Å². The quantitative estimate of drug-likeness (QED) is 0.848. The number of fused-ring (bicyclic) bond motifs is 4. The van der Waals surface area contributed by atoms with Crippen molar-refractivity contribution < 1.29 is 4.79 Å². The molecule has 4 heteroatoms. The summed E-state index contributed by atoms with van der Waals surface area (Å²) in [5.41, 5.74) is 1.55. The highest BCUT2D eigenvalue weighted by molar-refractivity contribution is 6.06. The Morgan fingerprint density at radius 3 is 2.77 bits per heavy atom. The zero-order valence-electron chi connectivity index (χ0n) is 15.2. The third kappa shape index (κ3) is 3.29. The summed E-state index contributed by atoms with van der Waals surface area (Å²) in [7, 11) is 0. The topological polar surface area (TPSA) is 36.4 Å². The molecule has 0 spiro atoms. The standard InChI is InChI=1S/C22H25N3O/c1-17-19-10-4-5-15-25(16-8-14-24-12-6-7-13-24)22(26)21(17)18-9-2-3-11-20(18)23-19/h2-5,9-11H,1,6-8,12-16H2/b5-4-,19-10+. The molecule has 1 fully saturated rings. The maximum atomic E-state index is 13.4. The fourth-order valence-corrected chi connectivity index (χ4v) is 3.93. The molecule has 0 aliphatic carbocycles. The smallest absolute Gasteiger partial charge is 0.255 e. The first-order valence-electron chi connectivity index (χ1n) is 9.50. The fourth-order valence-electron chi connectivity index (χ4n) is 3.93. The Morgan fingerprint density at radius 1 is 1.12 bits per heavy atom. The highest BCUT2D eigenvalue weighted by Crippen LogP contribution is 2.15. The Labute approximate surface area is 154 Å². The fraction of sp³-hybridized carbons (Fsp3) is 0.364. The Bertz CT molecular complexity index is 957. The lowest BCUT2D eigenvalue weighted by atomic mass is 10.0. The number of benzene rings is 1. The van der Waals surface area contributed by atoms with Crippen LogP contribution < -0.4 is 10.6 Å². The summed E-state index contributed by atoms with van der Waals surface area (Å²) in [6, 6.07) is 7.85. The molecule has 3 heterocycles. The van der Waals surface area contributed by atoms with E-state index in [9.17, 15) is 4.79 Å². The number of amides is 1. The maximum absolute atomic E-state index is 13.4. The van der Waals surface area contributed by atoms with Crippen LogP contribution in [0.5, 0.6) is 0 Å². The molecule has 4 rings (SSSR count). The van der Waals surface area contributed by atoms with Gasteiger partial charge in [0.05, 0.1) is 16.4 Å². The molecule has 1 aromatic heterocycles. The normalized spacial score (nSPS) is 20.4. The maximum Gasteiger partial charge on any atom is 0.255 e. The number of hydrogen-bond acceptors (Lipinski definition) is 3. The lowest BCUT2D eigenvalue weighted by molar-refractivity contribution is 0.0768. The highest BCUT2D eigenvalue weighted by atomic mass is 16.2. The summed E-state index contributed by atoms with van der Waals surface area (Å²) in [6.45, 7) is 9.04. The third-order valence-corrected chi connectivity index (χ3v) is 5.34. The van der Waals surface area contributed by atoms with E-state index in [-0.39, 0.29) is 5.91 Å². The van der Waals surface area contributed by atoms with Gasteiger partial charge in [0.25, 0.3) is 5.91 Å². The second-order valence-corrected chi connectivity index (χ2v) is 7.12. The van der Waals surface area contributed by atoms with E-state index in [0.29, 0.717) is 12.1 Å². The molecule has 0 atom stereocenters. The number of allylic oxidation sites excluding steroid dienone is 1. The van der Waals surface area contributed by atoms with Crippen LogP contribution in [0.15, 0.2) is 36.4 Å². The number of pyridine rings is 1. The van der Waals surface area contributed by atoms with Crippen LogP contribution in [0.2, 0.25) is 0 Å². The molecule has 1 aromatic carbocycles. The summed E-state index contributed by atoms with van der Waals surface area (Å²) in [5.74, 6) is 0.0659. The van der Waals surface area contributed by atoms with Crippen molar-refractivity contribution in [3.05, 3.63) is 52.5 Å². The van der Waals surface area contributed by atoms with Gasteiger partial charge in [-0.15, -0.1) is 0 Å². The van der Waals surface area contributed by atoms with E-state index < -0.39 is 0 Å². The molecule has 2 aliphatic heterocycles. The number of carbonyl (C=O) groups is 1. The summed E-state index contributed by atoms with van der Waals surface area (Å²) in [6.07, 6.45) is 9.60. The molecule has 2 aromatic rings. The van der Waals surface area contributed by atoms with Gasteiger partial charge in [-0.3, -0.25) is 4.79 Å². The van der Waals surface area contributed by atoms with Crippen LogP contribution >= 0.6 is 0 Å².